The van der Waals surface area contributed by atoms with Crippen LogP contribution in [-0.2, 0) is 0 Å². The van der Waals surface area contributed by atoms with Crippen LogP contribution < -0.4 is 15.6 Å². The second-order valence-corrected chi connectivity index (χ2v) is 7.96. The second kappa shape index (κ2) is 6.49. The number of piperazine rings is 1. The predicted octanol–water partition coefficient (Wildman–Crippen LogP) is 2.87. The van der Waals surface area contributed by atoms with E-state index in [1.807, 2.05) is 18.7 Å². The van der Waals surface area contributed by atoms with E-state index in [1.165, 1.54) is 6.20 Å². The highest BCUT2D eigenvalue weighted by Gasteiger charge is 2.37. The van der Waals surface area contributed by atoms with Crippen molar-refractivity contribution in [2.45, 2.75) is 32.4 Å². The predicted molar refractivity (Wildman–Crippen MR) is 103 cm³/mol. The van der Waals surface area contributed by atoms with Crippen molar-refractivity contribution in [3.05, 3.63) is 38.9 Å². The summed E-state index contributed by atoms with van der Waals surface area (Å²) in [4.78, 5) is 26.0. The van der Waals surface area contributed by atoms with E-state index in [1.54, 1.807) is 4.57 Å². The Kier molecular flexibility index (Phi) is 4.39. The van der Waals surface area contributed by atoms with Crippen molar-refractivity contribution in [1.29, 1.82) is 0 Å². The number of nitrogens with one attached hydrogen (secondary N) is 1. The van der Waals surface area contributed by atoms with Gasteiger partial charge in [0.05, 0.1) is 21.6 Å². The molecular weight excluding hydrogens is 373 g/mol. The molecule has 0 amide bonds. The Balaban J connectivity index is 2.00. The largest absolute Gasteiger partial charge is 0.477 e. The summed E-state index contributed by atoms with van der Waals surface area (Å²) in [5.74, 6) is -1.57. The van der Waals surface area contributed by atoms with Crippen molar-refractivity contribution in [3.8, 4) is 0 Å². The molecule has 2 fully saturated rings. The van der Waals surface area contributed by atoms with Gasteiger partial charge in [0.1, 0.15) is 11.4 Å². The molecule has 144 valence electrons. The van der Waals surface area contributed by atoms with Crippen LogP contribution in [0, 0.1) is 11.7 Å². The van der Waals surface area contributed by atoms with Crippen LogP contribution in [0.2, 0.25) is 5.02 Å². The smallest absolute Gasteiger partial charge is 0.341 e. The van der Waals surface area contributed by atoms with Crippen LogP contribution in [0.4, 0.5) is 10.1 Å². The summed E-state index contributed by atoms with van der Waals surface area (Å²) in [7, 11) is 0. The fourth-order valence-corrected chi connectivity index (χ4v) is 4.37. The molecule has 1 aliphatic heterocycles. The maximum absolute atomic E-state index is 15.0. The number of carboxylic acids is 1. The molecule has 0 bridgehead atoms. The summed E-state index contributed by atoms with van der Waals surface area (Å²) in [5.41, 5.74) is -0.366. The summed E-state index contributed by atoms with van der Waals surface area (Å²) in [5, 5.41) is 12.9. The molecule has 2 aromatic rings. The van der Waals surface area contributed by atoms with Gasteiger partial charge in [-0.1, -0.05) is 18.5 Å². The van der Waals surface area contributed by atoms with E-state index < -0.39 is 17.2 Å². The van der Waals surface area contributed by atoms with Gasteiger partial charge in [-0.25, -0.2) is 9.18 Å². The molecule has 0 spiro atoms. The summed E-state index contributed by atoms with van der Waals surface area (Å²) in [6, 6.07) is 1.38. The summed E-state index contributed by atoms with van der Waals surface area (Å²) >= 11 is 6.65. The minimum atomic E-state index is -1.32. The third-order valence-electron chi connectivity index (χ3n) is 5.52. The highest BCUT2D eigenvalue weighted by atomic mass is 35.5. The van der Waals surface area contributed by atoms with Crippen LogP contribution >= 0.6 is 11.6 Å². The van der Waals surface area contributed by atoms with Crippen LogP contribution in [0.1, 0.15) is 36.7 Å². The number of nitrogens with zero attached hydrogens (tertiary/aromatic N) is 2. The average Bonchev–Trinajstić information content (AvgIpc) is 3.32. The van der Waals surface area contributed by atoms with Crippen LogP contribution in [0.15, 0.2) is 17.1 Å². The number of carbonyl (C=O) groups is 1. The summed E-state index contributed by atoms with van der Waals surface area (Å²) in [6.07, 6.45) is 2.22. The van der Waals surface area contributed by atoms with Gasteiger partial charge in [0.2, 0.25) is 5.43 Å². The Hall–Kier alpha value is -2.12. The van der Waals surface area contributed by atoms with E-state index in [9.17, 15) is 19.1 Å². The fourth-order valence-electron chi connectivity index (χ4n) is 3.96. The van der Waals surface area contributed by atoms with Crippen LogP contribution in [0.3, 0.4) is 0 Å². The van der Waals surface area contributed by atoms with Gasteiger partial charge in [-0.05, 0) is 25.3 Å². The van der Waals surface area contributed by atoms with E-state index in [4.69, 9.17) is 11.6 Å². The zero-order chi connectivity index (χ0) is 19.5. The Bertz CT molecular complexity index is 1010. The summed E-state index contributed by atoms with van der Waals surface area (Å²) in [6.45, 7) is 5.97. The molecule has 8 heteroatoms. The molecule has 0 radical (unpaired) electrons. The van der Waals surface area contributed by atoms with Gasteiger partial charge in [0, 0.05) is 37.9 Å². The van der Waals surface area contributed by atoms with E-state index in [0.29, 0.717) is 31.1 Å². The Morgan fingerprint density at radius 1 is 1.41 bits per heavy atom. The second-order valence-electron chi connectivity index (χ2n) is 7.58. The van der Waals surface area contributed by atoms with Crippen molar-refractivity contribution in [1.82, 2.24) is 9.88 Å². The molecule has 1 aliphatic carbocycles. The van der Waals surface area contributed by atoms with Gasteiger partial charge in [-0.3, -0.25) is 4.79 Å². The summed E-state index contributed by atoms with van der Waals surface area (Å²) < 4.78 is 16.7. The van der Waals surface area contributed by atoms with Crippen molar-refractivity contribution >= 4 is 34.2 Å². The van der Waals surface area contributed by atoms with Gasteiger partial charge < -0.3 is 19.9 Å². The molecule has 4 rings (SSSR count). The molecule has 2 aliphatic rings. The third kappa shape index (κ3) is 2.99. The standard InChI is InChI=1S/C19H21ClFN3O3/c1-9-5-14(9)24-8-12(19(26)27)18(25)11-6-13(21)17(15(20)16(11)24)23-4-3-22-10(2)7-23/h6,8-10,14,22H,3-5,7H2,1-2H3,(H,26,27). The molecule has 1 saturated heterocycles. The first kappa shape index (κ1) is 18.3. The number of benzene rings is 1. The van der Waals surface area contributed by atoms with Crippen LogP contribution in [-0.4, -0.2) is 41.3 Å². The number of pyridine rings is 1. The van der Waals surface area contributed by atoms with E-state index >= 15 is 0 Å². The maximum Gasteiger partial charge on any atom is 0.341 e. The number of anilines is 1. The zero-order valence-electron chi connectivity index (χ0n) is 15.1. The number of hydrogen-bond acceptors (Lipinski definition) is 4. The van der Waals surface area contributed by atoms with Gasteiger partial charge >= 0.3 is 5.97 Å². The number of halogens is 2. The molecule has 1 saturated carbocycles. The molecular formula is C19H21ClFN3O3. The Labute approximate surface area is 160 Å². The number of aromatic carboxylic acids is 1. The van der Waals surface area contributed by atoms with Crippen molar-refractivity contribution in [2.24, 2.45) is 5.92 Å². The molecule has 3 unspecified atom stereocenters. The van der Waals surface area contributed by atoms with Gasteiger partial charge in [-0.15, -0.1) is 0 Å². The third-order valence-corrected chi connectivity index (χ3v) is 5.88. The average molecular weight is 394 g/mol. The first-order valence-corrected chi connectivity index (χ1v) is 9.45. The molecule has 1 aromatic carbocycles. The molecule has 2 N–H and O–H groups in total. The number of aromatic nitrogens is 1. The quantitative estimate of drug-likeness (QED) is 0.838. The topological polar surface area (TPSA) is 74.6 Å². The highest BCUT2D eigenvalue weighted by molar-refractivity contribution is 6.38. The minimum Gasteiger partial charge on any atom is -0.477 e. The number of hydrogen-bond donors (Lipinski definition) is 2. The molecule has 27 heavy (non-hydrogen) atoms. The number of rotatable bonds is 3. The molecule has 6 nitrogen and oxygen atoms in total. The monoisotopic (exact) mass is 393 g/mol. The van der Waals surface area contributed by atoms with Gasteiger partial charge in [0.25, 0.3) is 0 Å². The fraction of sp³-hybridized carbons (Fsp3) is 0.474. The van der Waals surface area contributed by atoms with Gasteiger partial charge in [-0.2, -0.15) is 0 Å². The lowest BCUT2D eigenvalue weighted by atomic mass is 10.1. The number of fused-ring (bicyclic) bond motifs is 1. The first-order chi connectivity index (χ1) is 12.8. The van der Waals surface area contributed by atoms with Crippen molar-refractivity contribution < 1.29 is 14.3 Å². The van der Waals surface area contributed by atoms with E-state index in [-0.39, 0.29) is 33.7 Å². The molecule has 2 heterocycles. The van der Waals surface area contributed by atoms with Crippen molar-refractivity contribution in [3.63, 3.8) is 0 Å². The van der Waals surface area contributed by atoms with Crippen molar-refractivity contribution in [2.75, 3.05) is 24.5 Å². The lowest BCUT2D eigenvalue weighted by molar-refractivity contribution is 0.0695. The van der Waals surface area contributed by atoms with Gasteiger partial charge in [0.15, 0.2) is 0 Å². The normalized spacial score (nSPS) is 25.0. The number of carboxylic acid groups (broad SMARTS) is 1. The molecule has 3 atom stereocenters. The highest BCUT2D eigenvalue weighted by Crippen LogP contribution is 2.46. The SMILES string of the molecule is CC1CN(c2c(F)cc3c(=O)c(C(=O)O)cn(C4CC4C)c3c2Cl)CCN1. The Morgan fingerprint density at radius 2 is 2.11 bits per heavy atom. The molecule has 1 aromatic heterocycles. The lowest BCUT2D eigenvalue weighted by Gasteiger charge is -2.34. The van der Waals surface area contributed by atoms with Crippen LogP contribution in [0.25, 0.3) is 10.9 Å². The van der Waals surface area contributed by atoms with E-state index in [2.05, 4.69) is 5.32 Å². The minimum absolute atomic E-state index is 0.0171. The first-order valence-electron chi connectivity index (χ1n) is 9.08. The Morgan fingerprint density at radius 3 is 2.70 bits per heavy atom. The zero-order valence-corrected chi connectivity index (χ0v) is 15.9. The lowest BCUT2D eigenvalue weighted by Crippen LogP contribution is -2.49. The maximum atomic E-state index is 15.0. The van der Waals surface area contributed by atoms with E-state index in [0.717, 1.165) is 12.5 Å². The van der Waals surface area contributed by atoms with Crippen LogP contribution in [0.5, 0.6) is 0 Å².